The summed E-state index contributed by atoms with van der Waals surface area (Å²) in [4.78, 5) is 9.14. The van der Waals surface area contributed by atoms with E-state index in [0.717, 1.165) is 17.8 Å². The van der Waals surface area contributed by atoms with Crippen LogP contribution in [0.1, 0.15) is 29.3 Å². The molecule has 1 fully saturated rings. The Morgan fingerprint density at radius 2 is 2.31 bits per heavy atom. The number of aromatic nitrogens is 2. The zero-order valence-electron chi connectivity index (χ0n) is 9.23. The van der Waals surface area contributed by atoms with Crippen LogP contribution in [0, 0.1) is 6.92 Å². The minimum Gasteiger partial charge on any atom is -0.367 e. The number of aryl methyl sites for hydroxylation is 1. The molecule has 1 saturated carbocycles. The quantitative estimate of drug-likeness (QED) is 0.837. The average molecular weight is 233 g/mol. The second kappa shape index (κ2) is 3.71. The molecule has 4 heteroatoms. The van der Waals surface area contributed by atoms with Crippen LogP contribution in [0.2, 0.25) is 0 Å². The number of nitrogens with one attached hydrogen (secondary N) is 1. The molecule has 0 aliphatic heterocycles. The molecule has 2 aromatic rings. The highest BCUT2D eigenvalue weighted by Gasteiger charge is 2.30. The summed E-state index contributed by atoms with van der Waals surface area (Å²) in [7, 11) is 0. The van der Waals surface area contributed by atoms with E-state index >= 15 is 0 Å². The van der Waals surface area contributed by atoms with Crippen molar-refractivity contribution in [2.24, 2.45) is 5.73 Å². The first-order valence-corrected chi connectivity index (χ1v) is 6.41. The summed E-state index contributed by atoms with van der Waals surface area (Å²) in [5.41, 5.74) is 8.20. The smallest absolute Gasteiger partial charge is 0.125 e. The van der Waals surface area contributed by atoms with Gasteiger partial charge in [-0.2, -0.15) is 0 Å². The molecule has 2 aromatic heterocycles. The summed E-state index contributed by atoms with van der Waals surface area (Å²) in [6.07, 6.45) is 6.17. The lowest BCUT2D eigenvalue weighted by molar-refractivity contribution is 0.354. The van der Waals surface area contributed by atoms with Crippen LogP contribution in [0.15, 0.2) is 18.5 Å². The third-order valence-corrected chi connectivity index (χ3v) is 4.59. The minimum absolute atomic E-state index is 0.405. The van der Waals surface area contributed by atoms with E-state index in [1.165, 1.54) is 16.1 Å². The summed E-state index contributed by atoms with van der Waals surface area (Å²) in [5.74, 6) is 0.653. The molecule has 84 valence electrons. The van der Waals surface area contributed by atoms with Crippen LogP contribution in [-0.4, -0.2) is 16.0 Å². The molecule has 16 heavy (non-hydrogen) atoms. The highest BCUT2D eigenvalue weighted by molar-refractivity contribution is 7.15. The van der Waals surface area contributed by atoms with Gasteiger partial charge in [-0.15, -0.1) is 11.3 Å². The van der Waals surface area contributed by atoms with E-state index in [1.807, 2.05) is 23.7 Å². The number of H-pyrrole nitrogens is 1. The Balaban J connectivity index is 1.90. The molecule has 0 radical (unpaired) electrons. The summed E-state index contributed by atoms with van der Waals surface area (Å²) in [6, 6.07) is 2.47. The SMILES string of the molecule is Cc1nc(-c2cc[nH]c2)sc1C1CC(N)C1. The first kappa shape index (κ1) is 10.1. The molecule has 0 amide bonds. The van der Waals surface area contributed by atoms with Gasteiger partial charge in [0.05, 0.1) is 5.69 Å². The van der Waals surface area contributed by atoms with Gasteiger partial charge in [0.15, 0.2) is 0 Å². The lowest BCUT2D eigenvalue weighted by atomic mass is 9.79. The van der Waals surface area contributed by atoms with Gasteiger partial charge in [-0.05, 0) is 31.7 Å². The first-order valence-electron chi connectivity index (χ1n) is 5.60. The Bertz CT molecular complexity index is 480. The molecule has 0 aromatic carbocycles. The van der Waals surface area contributed by atoms with E-state index in [0.29, 0.717) is 12.0 Å². The Hall–Kier alpha value is -1.13. The maximum atomic E-state index is 5.84. The van der Waals surface area contributed by atoms with Crippen LogP contribution < -0.4 is 5.73 Å². The summed E-state index contributed by atoms with van der Waals surface area (Å²) >= 11 is 1.82. The lowest BCUT2D eigenvalue weighted by Gasteiger charge is -2.31. The van der Waals surface area contributed by atoms with E-state index in [2.05, 4.69) is 23.0 Å². The Morgan fingerprint density at radius 3 is 2.94 bits per heavy atom. The van der Waals surface area contributed by atoms with Crippen molar-refractivity contribution in [2.45, 2.75) is 31.7 Å². The summed E-state index contributed by atoms with van der Waals surface area (Å²) < 4.78 is 0. The number of nitrogens with zero attached hydrogens (tertiary/aromatic N) is 1. The summed E-state index contributed by atoms with van der Waals surface area (Å²) in [5, 5.41) is 1.12. The Kier molecular flexibility index (Phi) is 2.33. The normalized spacial score (nSPS) is 24.4. The molecule has 1 aliphatic carbocycles. The van der Waals surface area contributed by atoms with Crippen LogP contribution in [0.25, 0.3) is 10.6 Å². The second-order valence-corrected chi connectivity index (χ2v) is 5.53. The van der Waals surface area contributed by atoms with E-state index in [-0.39, 0.29) is 0 Å². The zero-order chi connectivity index (χ0) is 11.1. The number of rotatable bonds is 2. The maximum absolute atomic E-state index is 5.84. The van der Waals surface area contributed by atoms with Gasteiger partial charge in [0.1, 0.15) is 5.01 Å². The molecule has 0 saturated heterocycles. The number of aromatic amines is 1. The number of hydrogen-bond donors (Lipinski definition) is 2. The Morgan fingerprint density at radius 1 is 1.50 bits per heavy atom. The van der Waals surface area contributed by atoms with Crippen LogP contribution in [0.3, 0.4) is 0 Å². The van der Waals surface area contributed by atoms with Crippen molar-refractivity contribution in [3.05, 3.63) is 29.0 Å². The molecular weight excluding hydrogens is 218 g/mol. The predicted octanol–water partition coefficient (Wildman–Crippen LogP) is 2.65. The van der Waals surface area contributed by atoms with Crippen LogP contribution in [0.5, 0.6) is 0 Å². The zero-order valence-corrected chi connectivity index (χ0v) is 10.1. The molecule has 3 N–H and O–H groups in total. The third-order valence-electron chi connectivity index (χ3n) is 3.22. The van der Waals surface area contributed by atoms with Crippen molar-refractivity contribution >= 4 is 11.3 Å². The molecule has 0 unspecified atom stereocenters. The van der Waals surface area contributed by atoms with E-state index in [9.17, 15) is 0 Å². The van der Waals surface area contributed by atoms with Crippen molar-refractivity contribution in [3.8, 4) is 10.6 Å². The second-order valence-electron chi connectivity index (χ2n) is 4.50. The van der Waals surface area contributed by atoms with E-state index < -0.39 is 0 Å². The van der Waals surface area contributed by atoms with Gasteiger partial charge in [0, 0.05) is 28.9 Å². The minimum atomic E-state index is 0.405. The van der Waals surface area contributed by atoms with Gasteiger partial charge in [-0.1, -0.05) is 0 Å². The van der Waals surface area contributed by atoms with Gasteiger partial charge in [0.2, 0.25) is 0 Å². The van der Waals surface area contributed by atoms with Crippen molar-refractivity contribution in [2.75, 3.05) is 0 Å². The topological polar surface area (TPSA) is 54.7 Å². The van der Waals surface area contributed by atoms with Crippen molar-refractivity contribution < 1.29 is 0 Å². The van der Waals surface area contributed by atoms with Gasteiger partial charge in [0.25, 0.3) is 0 Å². The fourth-order valence-corrected chi connectivity index (χ4v) is 3.43. The number of thiazole rings is 1. The van der Waals surface area contributed by atoms with Gasteiger partial charge in [-0.25, -0.2) is 4.98 Å². The number of nitrogens with two attached hydrogens (primary N) is 1. The maximum Gasteiger partial charge on any atom is 0.125 e. The molecule has 1 aliphatic rings. The van der Waals surface area contributed by atoms with Crippen LogP contribution >= 0.6 is 11.3 Å². The molecule has 3 nitrogen and oxygen atoms in total. The van der Waals surface area contributed by atoms with Gasteiger partial charge < -0.3 is 10.7 Å². The third kappa shape index (κ3) is 1.58. The predicted molar refractivity (Wildman–Crippen MR) is 66.6 cm³/mol. The van der Waals surface area contributed by atoms with Crippen molar-refractivity contribution in [3.63, 3.8) is 0 Å². The van der Waals surface area contributed by atoms with E-state index in [1.54, 1.807) is 0 Å². The van der Waals surface area contributed by atoms with Gasteiger partial charge in [-0.3, -0.25) is 0 Å². The van der Waals surface area contributed by atoms with Crippen molar-refractivity contribution in [1.29, 1.82) is 0 Å². The molecular formula is C12H15N3S. The van der Waals surface area contributed by atoms with E-state index in [4.69, 9.17) is 5.73 Å². The molecule has 2 heterocycles. The fraction of sp³-hybridized carbons (Fsp3) is 0.417. The summed E-state index contributed by atoms with van der Waals surface area (Å²) in [6.45, 7) is 2.10. The standard InChI is InChI=1S/C12H15N3S/c1-7-11(9-4-10(13)5-9)16-12(15-7)8-2-3-14-6-8/h2-3,6,9-10,14H,4-5,13H2,1H3. The number of hydrogen-bond acceptors (Lipinski definition) is 3. The highest BCUT2D eigenvalue weighted by Crippen LogP contribution is 2.42. The largest absolute Gasteiger partial charge is 0.367 e. The Labute approximate surface area is 98.7 Å². The lowest BCUT2D eigenvalue weighted by Crippen LogP contribution is -2.34. The van der Waals surface area contributed by atoms with Crippen LogP contribution in [0.4, 0.5) is 0 Å². The highest BCUT2D eigenvalue weighted by atomic mass is 32.1. The molecule has 0 atom stereocenters. The first-order chi connectivity index (χ1) is 7.74. The molecule has 0 bridgehead atoms. The molecule has 3 rings (SSSR count). The van der Waals surface area contributed by atoms with Crippen molar-refractivity contribution in [1.82, 2.24) is 9.97 Å². The monoisotopic (exact) mass is 233 g/mol. The van der Waals surface area contributed by atoms with Crippen LogP contribution in [-0.2, 0) is 0 Å². The molecule has 0 spiro atoms. The average Bonchev–Trinajstić information content (AvgIpc) is 2.81. The van der Waals surface area contributed by atoms with Gasteiger partial charge >= 0.3 is 0 Å². The fourth-order valence-electron chi connectivity index (χ4n) is 2.24.